The highest BCUT2D eigenvalue weighted by Gasteiger charge is 2.21. The van der Waals surface area contributed by atoms with Crippen molar-refractivity contribution in [1.82, 2.24) is 10.3 Å². The van der Waals surface area contributed by atoms with Crippen LogP contribution in [0, 0.1) is 6.92 Å². The number of methoxy groups -OCH3 is 3. The van der Waals surface area contributed by atoms with E-state index in [4.69, 9.17) is 14.2 Å². The number of aromatic nitrogens is 1. The fraction of sp³-hybridized carbons (Fsp3) is 0.222. The summed E-state index contributed by atoms with van der Waals surface area (Å²) in [5.41, 5.74) is 4.76. The van der Waals surface area contributed by atoms with E-state index in [1.807, 2.05) is 67.7 Å². The summed E-state index contributed by atoms with van der Waals surface area (Å²) >= 11 is 0. The maximum Gasteiger partial charge on any atom is 0.319 e. The summed E-state index contributed by atoms with van der Waals surface area (Å²) in [5, 5.41) is 7.03. The number of carbonyl (C=O) groups is 1. The third kappa shape index (κ3) is 4.78. The van der Waals surface area contributed by atoms with Crippen LogP contribution in [0.4, 0.5) is 10.5 Å². The second-order valence-corrected chi connectivity index (χ2v) is 8.00. The number of hydrogen-bond donors (Lipinski definition) is 3. The summed E-state index contributed by atoms with van der Waals surface area (Å²) in [6.07, 6.45) is 2.00. The van der Waals surface area contributed by atoms with Gasteiger partial charge in [0.25, 0.3) is 0 Å². The minimum atomic E-state index is -0.311. The number of H-pyrrole nitrogens is 1. The lowest BCUT2D eigenvalue weighted by Gasteiger charge is -2.20. The minimum Gasteiger partial charge on any atom is -0.495 e. The Kier molecular flexibility index (Phi) is 6.92. The molecule has 1 aromatic heterocycles. The smallest absolute Gasteiger partial charge is 0.319 e. The lowest BCUT2D eigenvalue weighted by atomic mass is 9.90. The van der Waals surface area contributed by atoms with Gasteiger partial charge >= 0.3 is 6.03 Å². The molecule has 0 aliphatic carbocycles. The molecule has 1 atom stereocenters. The van der Waals surface area contributed by atoms with E-state index in [1.165, 1.54) is 0 Å². The lowest BCUT2D eigenvalue weighted by molar-refractivity contribution is 0.251. The van der Waals surface area contributed by atoms with Crippen LogP contribution in [-0.2, 0) is 0 Å². The van der Waals surface area contributed by atoms with Crippen molar-refractivity contribution in [1.29, 1.82) is 0 Å². The lowest BCUT2D eigenvalue weighted by Crippen LogP contribution is -2.32. The Labute approximate surface area is 199 Å². The van der Waals surface area contributed by atoms with E-state index >= 15 is 0 Å². The first-order valence-corrected chi connectivity index (χ1v) is 11.0. The van der Waals surface area contributed by atoms with Crippen molar-refractivity contribution in [2.75, 3.05) is 33.2 Å². The molecule has 3 N–H and O–H groups in total. The summed E-state index contributed by atoms with van der Waals surface area (Å²) in [6, 6.07) is 19.3. The second kappa shape index (κ2) is 10.2. The number of ether oxygens (including phenoxy) is 3. The van der Waals surface area contributed by atoms with Crippen LogP contribution in [0.5, 0.6) is 17.2 Å². The molecule has 176 valence electrons. The van der Waals surface area contributed by atoms with Gasteiger partial charge < -0.3 is 29.8 Å². The Morgan fingerprint density at radius 1 is 0.912 bits per heavy atom. The summed E-state index contributed by atoms with van der Waals surface area (Å²) in [4.78, 5) is 16.2. The zero-order chi connectivity index (χ0) is 24.1. The number of anilines is 1. The number of urea groups is 1. The van der Waals surface area contributed by atoms with Gasteiger partial charge in [0.15, 0.2) is 11.5 Å². The third-order valence-corrected chi connectivity index (χ3v) is 5.88. The molecular formula is C27H29N3O4. The number of nitrogens with one attached hydrogen (secondary N) is 3. The molecule has 0 aliphatic rings. The van der Waals surface area contributed by atoms with Gasteiger partial charge in [0.2, 0.25) is 0 Å². The van der Waals surface area contributed by atoms with Crippen molar-refractivity contribution in [3.05, 3.63) is 83.6 Å². The van der Waals surface area contributed by atoms with Crippen LogP contribution in [0.25, 0.3) is 10.9 Å². The average molecular weight is 460 g/mol. The molecule has 0 saturated carbocycles. The number of para-hydroxylation sites is 1. The van der Waals surface area contributed by atoms with E-state index in [0.717, 1.165) is 27.6 Å². The molecule has 1 heterocycles. The first kappa shape index (κ1) is 23.0. The van der Waals surface area contributed by atoms with Gasteiger partial charge in [-0.3, -0.25) is 0 Å². The molecule has 0 fully saturated rings. The van der Waals surface area contributed by atoms with Gasteiger partial charge in [0, 0.05) is 29.6 Å². The molecule has 2 amide bonds. The number of fused-ring (bicyclic) bond motifs is 1. The van der Waals surface area contributed by atoms with Gasteiger partial charge in [-0.15, -0.1) is 0 Å². The molecule has 7 nitrogen and oxygen atoms in total. The van der Waals surface area contributed by atoms with Gasteiger partial charge in [-0.25, -0.2) is 4.79 Å². The summed E-state index contributed by atoms with van der Waals surface area (Å²) in [7, 11) is 4.81. The van der Waals surface area contributed by atoms with Crippen LogP contribution in [0.3, 0.4) is 0 Å². The van der Waals surface area contributed by atoms with Crippen LogP contribution in [0.15, 0.2) is 66.9 Å². The predicted molar refractivity (Wildman–Crippen MR) is 134 cm³/mol. The van der Waals surface area contributed by atoms with Crippen LogP contribution < -0.4 is 24.8 Å². The van der Waals surface area contributed by atoms with Gasteiger partial charge in [0.05, 0.1) is 27.0 Å². The molecular weight excluding hydrogens is 430 g/mol. The highest BCUT2D eigenvalue weighted by Crippen LogP contribution is 2.35. The fourth-order valence-electron chi connectivity index (χ4n) is 4.14. The van der Waals surface area contributed by atoms with Crippen molar-refractivity contribution in [3.63, 3.8) is 0 Å². The summed E-state index contributed by atoms with van der Waals surface area (Å²) in [6.45, 7) is 2.34. The Balaban J connectivity index is 1.63. The van der Waals surface area contributed by atoms with E-state index in [1.54, 1.807) is 21.3 Å². The maximum absolute atomic E-state index is 12.9. The van der Waals surface area contributed by atoms with Gasteiger partial charge in [-0.2, -0.15) is 0 Å². The zero-order valence-electron chi connectivity index (χ0n) is 19.8. The topological polar surface area (TPSA) is 84.6 Å². The van der Waals surface area contributed by atoms with E-state index in [2.05, 4.69) is 21.7 Å². The number of aromatic amines is 1. The van der Waals surface area contributed by atoms with E-state index in [-0.39, 0.29) is 11.9 Å². The maximum atomic E-state index is 12.9. The molecule has 34 heavy (non-hydrogen) atoms. The zero-order valence-corrected chi connectivity index (χ0v) is 19.8. The number of hydrogen-bond acceptors (Lipinski definition) is 4. The third-order valence-electron chi connectivity index (χ3n) is 5.88. The largest absolute Gasteiger partial charge is 0.495 e. The number of aryl methyl sites for hydroxylation is 1. The molecule has 0 aliphatic heterocycles. The van der Waals surface area contributed by atoms with Gasteiger partial charge in [-0.1, -0.05) is 30.3 Å². The quantitative estimate of drug-likeness (QED) is 0.327. The Bertz CT molecular complexity index is 1300. The van der Waals surface area contributed by atoms with Crippen molar-refractivity contribution >= 4 is 22.6 Å². The van der Waals surface area contributed by atoms with Crippen molar-refractivity contribution in [3.8, 4) is 17.2 Å². The van der Waals surface area contributed by atoms with Crippen molar-refractivity contribution in [2.24, 2.45) is 0 Å². The van der Waals surface area contributed by atoms with Crippen molar-refractivity contribution < 1.29 is 19.0 Å². The Hall–Kier alpha value is -4.13. The molecule has 7 heteroatoms. The molecule has 0 radical (unpaired) electrons. The second-order valence-electron chi connectivity index (χ2n) is 8.00. The highest BCUT2D eigenvalue weighted by atomic mass is 16.5. The molecule has 0 spiro atoms. The predicted octanol–water partition coefficient (Wildman–Crippen LogP) is 5.46. The highest BCUT2D eigenvalue weighted by molar-refractivity contribution is 5.91. The Morgan fingerprint density at radius 2 is 1.65 bits per heavy atom. The van der Waals surface area contributed by atoms with Crippen molar-refractivity contribution in [2.45, 2.75) is 12.8 Å². The van der Waals surface area contributed by atoms with E-state index < -0.39 is 0 Å². The van der Waals surface area contributed by atoms with Crippen LogP contribution in [0.2, 0.25) is 0 Å². The van der Waals surface area contributed by atoms with E-state index in [9.17, 15) is 4.79 Å². The number of rotatable bonds is 8. The first-order chi connectivity index (χ1) is 16.5. The molecule has 4 rings (SSSR count). The molecule has 0 saturated heterocycles. The van der Waals surface area contributed by atoms with Crippen LogP contribution in [0.1, 0.15) is 22.6 Å². The van der Waals surface area contributed by atoms with Gasteiger partial charge in [-0.05, 0) is 53.9 Å². The van der Waals surface area contributed by atoms with E-state index in [0.29, 0.717) is 29.5 Å². The molecule has 0 unspecified atom stereocenters. The molecule has 3 aromatic carbocycles. The molecule has 4 aromatic rings. The van der Waals surface area contributed by atoms with Crippen LogP contribution in [-0.4, -0.2) is 38.9 Å². The minimum absolute atomic E-state index is 0.124. The van der Waals surface area contributed by atoms with Gasteiger partial charge in [0.1, 0.15) is 5.75 Å². The monoisotopic (exact) mass is 459 g/mol. The molecule has 0 bridgehead atoms. The summed E-state index contributed by atoms with van der Waals surface area (Å²) in [5.74, 6) is 1.77. The first-order valence-electron chi connectivity index (χ1n) is 11.0. The standard InChI is InChI=1S/C27H29N3O4/c1-17-9-11-24(32-2)23(13-17)30-27(31)29-15-20(18-10-12-25(33-3)26(14-18)34-4)21-16-28-22-8-6-5-7-19(21)22/h5-14,16,20,28H,15H2,1-4H3,(H2,29,30,31)/t20-/m0/s1. The Morgan fingerprint density at radius 3 is 2.41 bits per heavy atom. The number of carbonyl (C=O) groups excluding carboxylic acids is 1. The number of benzene rings is 3. The van der Waals surface area contributed by atoms with Crippen LogP contribution >= 0.6 is 0 Å². The SMILES string of the molecule is COc1ccc(C)cc1NC(=O)NC[C@@H](c1ccc(OC)c(OC)c1)c1c[nH]c2ccccc12. The summed E-state index contributed by atoms with van der Waals surface area (Å²) < 4.78 is 16.3. The fourth-order valence-corrected chi connectivity index (χ4v) is 4.14. The number of amides is 2. The normalized spacial score (nSPS) is 11.6. The average Bonchev–Trinajstić information content (AvgIpc) is 3.28.